The van der Waals surface area contributed by atoms with Crippen molar-refractivity contribution in [3.05, 3.63) is 77.7 Å². The van der Waals surface area contributed by atoms with Crippen LogP contribution in [0.15, 0.2) is 60.9 Å². The predicted octanol–water partition coefficient (Wildman–Crippen LogP) is 3.20. The van der Waals surface area contributed by atoms with Crippen LogP contribution in [0, 0.1) is 0 Å². The summed E-state index contributed by atoms with van der Waals surface area (Å²) in [5.74, 6) is 0.0310. The van der Waals surface area contributed by atoms with Gasteiger partial charge in [-0.1, -0.05) is 54.6 Å². The molecule has 1 unspecified atom stereocenters. The van der Waals surface area contributed by atoms with Crippen LogP contribution >= 0.6 is 0 Å². The molecule has 2 aromatic carbocycles. The number of hydrogen-bond donors (Lipinski definition) is 2. The molecule has 5 nitrogen and oxygen atoms in total. The predicted molar refractivity (Wildman–Crippen MR) is 111 cm³/mol. The molecule has 0 bridgehead atoms. The molecule has 0 fully saturated rings. The zero-order valence-electron chi connectivity index (χ0n) is 16.4. The molecule has 3 rings (SSSR count). The summed E-state index contributed by atoms with van der Waals surface area (Å²) < 4.78 is 2.08. The SMILES string of the molecule is CCNC(=O)Cc1cccc(Cn2cnc(-c3ccccc3)c2CC(C)O)c1. The van der Waals surface area contributed by atoms with E-state index in [1.165, 1.54) is 0 Å². The maximum atomic E-state index is 11.9. The Kier molecular flexibility index (Phi) is 6.61. The smallest absolute Gasteiger partial charge is 0.224 e. The van der Waals surface area contributed by atoms with Crippen molar-refractivity contribution in [1.82, 2.24) is 14.9 Å². The van der Waals surface area contributed by atoms with Gasteiger partial charge in [0.2, 0.25) is 5.91 Å². The highest BCUT2D eigenvalue weighted by molar-refractivity contribution is 5.78. The van der Waals surface area contributed by atoms with Crippen LogP contribution in [0.4, 0.5) is 0 Å². The van der Waals surface area contributed by atoms with Crippen LogP contribution in [-0.4, -0.2) is 33.2 Å². The summed E-state index contributed by atoms with van der Waals surface area (Å²) in [5.41, 5.74) is 5.05. The van der Waals surface area contributed by atoms with Crippen molar-refractivity contribution in [1.29, 1.82) is 0 Å². The Bertz CT molecular complexity index is 917. The summed E-state index contributed by atoms with van der Waals surface area (Å²) in [6.45, 7) is 4.99. The maximum Gasteiger partial charge on any atom is 0.224 e. The number of hydrogen-bond acceptors (Lipinski definition) is 3. The van der Waals surface area contributed by atoms with E-state index in [0.29, 0.717) is 25.9 Å². The number of aliphatic hydroxyl groups excluding tert-OH is 1. The van der Waals surface area contributed by atoms with Crippen molar-refractivity contribution in [2.75, 3.05) is 6.54 Å². The average Bonchev–Trinajstić information content (AvgIpc) is 3.04. The molecule has 3 aromatic rings. The molecule has 0 saturated carbocycles. The molecule has 2 N–H and O–H groups in total. The summed E-state index contributed by atoms with van der Waals surface area (Å²) in [6, 6.07) is 18.1. The summed E-state index contributed by atoms with van der Waals surface area (Å²) in [4.78, 5) is 16.5. The van der Waals surface area contributed by atoms with Gasteiger partial charge in [-0.15, -0.1) is 0 Å². The minimum absolute atomic E-state index is 0.0310. The molecule has 0 aliphatic rings. The Morgan fingerprint density at radius 2 is 1.89 bits per heavy atom. The minimum atomic E-state index is -0.456. The number of benzene rings is 2. The van der Waals surface area contributed by atoms with Gasteiger partial charge in [0.25, 0.3) is 0 Å². The first-order valence-electron chi connectivity index (χ1n) is 9.68. The highest BCUT2D eigenvalue weighted by atomic mass is 16.3. The number of likely N-dealkylation sites (N-methyl/N-ethyl adjacent to an activating group) is 1. The standard InChI is InChI=1S/C23H27N3O2/c1-3-24-22(28)14-18-8-7-9-19(13-18)15-26-16-25-23(21(26)12-17(2)27)20-10-5-4-6-11-20/h4-11,13,16-17,27H,3,12,14-15H2,1-2H3,(H,24,28). The summed E-state index contributed by atoms with van der Waals surface area (Å²) in [6.07, 6.45) is 2.28. The third kappa shape index (κ3) is 5.08. The Balaban J connectivity index is 1.86. The first kappa shape index (κ1) is 19.8. The van der Waals surface area contributed by atoms with Crippen molar-refractivity contribution >= 4 is 5.91 Å². The van der Waals surface area contributed by atoms with Gasteiger partial charge in [-0.3, -0.25) is 4.79 Å². The maximum absolute atomic E-state index is 11.9. The van der Waals surface area contributed by atoms with E-state index in [1.807, 2.05) is 55.7 Å². The molecular formula is C23H27N3O2. The number of carbonyl (C=O) groups is 1. The summed E-state index contributed by atoms with van der Waals surface area (Å²) >= 11 is 0. The van der Waals surface area contributed by atoms with Crippen molar-refractivity contribution in [3.63, 3.8) is 0 Å². The molecule has 0 radical (unpaired) electrons. The second-order valence-electron chi connectivity index (χ2n) is 7.04. The molecule has 1 atom stereocenters. The minimum Gasteiger partial charge on any atom is -0.393 e. The summed E-state index contributed by atoms with van der Waals surface area (Å²) in [5, 5.41) is 12.8. The van der Waals surface area contributed by atoms with Crippen molar-refractivity contribution in [2.24, 2.45) is 0 Å². The van der Waals surface area contributed by atoms with Crippen LogP contribution < -0.4 is 5.32 Å². The summed E-state index contributed by atoms with van der Waals surface area (Å²) in [7, 11) is 0. The molecule has 5 heteroatoms. The lowest BCUT2D eigenvalue weighted by molar-refractivity contribution is -0.120. The quantitative estimate of drug-likeness (QED) is 0.633. The van der Waals surface area contributed by atoms with E-state index in [0.717, 1.165) is 28.1 Å². The zero-order valence-corrected chi connectivity index (χ0v) is 16.4. The second-order valence-corrected chi connectivity index (χ2v) is 7.04. The van der Waals surface area contributed by atoms with Gasteiger partial charge in [-0.2, -0.15) is 0 Å². The molecule has 1 aromatic heterocycles. The van der Waals surface area contributed by atoms with Gasteiger partial charge in [-0.25, -0.2) is 4.98 Å². The van der Waals surface area contributed by atoms with E-state index >= 15 is 0 Å². The zero-order chi connectivity index (χ0) is 19.9. The highest BCUT2D eigenvalue weighted by Gasteiger charge is 2.15. The molecule has 0 spiro atoms. The molecule has 1 amide bonds. The van der Waals surface area contributed by atoms with Crippen molar-refractivity contribution in [3.8, 4) is 11.3 Å². The second kappa shape index (κ2) is 9.33. The number of aliphatic hydroxyl groups is 1. The third-order valence-electron chi connectivity index (χ3n) is 4.57. The third-order valence-corrected chi connectivity index (χ3v) is 4.57. The van der Waals surface area contributed by atoms with Crippen LogP contribution in [0.2, 0.25) is 0 Å². The number of nitrogens with one attached hydrogen (secondary N) is 1. The molecule has 0 aliphatic carbocycles. The fraction of sp³-hybridized carbons (Fsp3) is 0.304. The van der Waals surface area contributed by atoms with Gasteiger partial charge in [0, 0.05) is 30.8 Å². The average molecular weight is 377 g/mol. The van der Waals surface area contributed by atoms with E-state index in [4.69, 9.17) is 0 Å². The van der Waals surface area contributed by atoms with Crippen LogP contribution in [0.1, 0.15) is 30.7 Å². The van der Waals surface area contributed by atoms with Gasteiger partial charge in [-0.05, 0) is 25.0 Å². The van der Waals surface area contributed by atoms with Crippen molar-refractivity contribution in [2.45, 2.75) is 39.3 Å². The fourth-order valence-electron chi connectivity index (χ4n) is 3.35. The molecule has 0 aliphatic heterocycles. The Hall–Kier alpha value is -2.92. The molecule has 146 valence electrons. The number of nitrogens with zero attached hydrogens (tertiary/aromatic N) is 2. The van der Waals surface area contributed by atoms with Crippen molar-refractivity contribution < 1.29 is 9.90 Å². The molecule has 1 heterocycles. The Morgan fingerprint density at radius 1 is 1.14 bits per heavy atom. The molecule has 0 saturated heterocycles. The van der Waals surface area contributed by atoms with Crippen LogP contribution in [0.3, 0.4) is 0 Å². The monoisotopic (exact) mass is 377 g/mol. The van der Waals surface area contributed by atoms with Crippen LogP contribution in [0.25, 0.3) is 11.3 Å². The number of rotatable bonds is 8. The van der Waals surface area contributed by atoms with Gasteiger partial charge < -0.3 is 15.0 Å². The lowest BCUT2D eigenvalue weighted by Gasteiger charge is -2.13. The van der Waals surface area contributed by atoms with Gasteiger partial charge in [0.1, 0.15) is 0 Å². The number of imidazole rings is 1. The van der Waals surface area contributed by atoms with Crippen LogP contribution in [0.5, 0.6) is 0 Å². The Morgan fingerprint density at radius 3 is 2.61 bits per heavy atom. The highest BCUT2D eigenvalue weighted by Crippen LogP contribution is 2.24. The van der Waals surface area contributed by atoms with E-state index in [9.17, 15) is 9.90 Å². The molecule has 28 heavy (non-hydrogen) atoms. The van der Waals surface area contributed by atoms with Gasteiger partial charge in [0.15, 0.2) is 0 Å². The lowest BCUT2D eigenvalue weighted by Crippen LogP contribution is -2.24. The largest absolute Gasteiger partial charge is 0.393 e. The fourth-order valence-corrected chi connectivity index (χ4v) is 3.35. The lowest BCUT2D eigenvalue weighted by atomic mass is 10.1. The van der Waals surface area contributed by atoms with Gasteiger partial charge in [0.05, 0.1) is 24.5 Å². The normalized spacial score (nSPS) is 12.0. The Labute approximate surface area is 166 Å². The van der Waals surface area contributed by atoms with E-state index in [-0.39, 0.29) is 5.91 Å². The van der Waals surface area contributed by atoms with E-state index in [2.05, 4.69) is 27.0 Å². The number of amides is 1. The van der Waals surface area contributed by atoms with E-state index < -0.39 is 6.10 Å². The molecular weight excluding hydrogens is 350 g/mol. The first-order valence-corrected chi connectivity index (χ1v) is 9.68. The number of carbonyl (C=O) groups excluding carboxylic acids is 1. The topological polar surface area (TPSA) is 67.2 Å². The van der Waals surface area contributed by atoms with Gasteiger partial charge >= 0.3 is 0 Å². The van der Waals surface area contributed by atoms with E-state index in [1.54, 1.807) is 6.92 Å². The number of aromatic nitrogens is 2. The van der Waals surface area contributed by atoms with Crippen LogP contribution in [-0.2, 0) is 24.2 Å². The first-order chi connectivity index (χ1) is 13.6.